The maximum absolute atomic E-state index is 11.2. The first-order valence-corrected chi connectivity index (χ1v) is 5.47. The molecule has 17 heavy (non-hydrogen) atoms. The number of aromatic nitrogens is 2. The number of H-pyrrole nitrogens is 2. The molecule has 4 heteroatoms. The third-order valence-corrected chi connectivity index (χ3v) is 3.13. The van der Waals surface area contributed by atoms with Crippen LogP contribution in [0.25, 0.3) is 11.3 Å². The number of rotatable bonds is 2. The molecule has 0 aliphatic rings. The Morgan fingerprint density at radius 3 is 2.41 bits per heavy atom. The minimum absolute atomic E-state index is 0.188. The van der Waals surface area contributed by atoms with Crippen molar-refractivity contribution in [2.75, 3.05) is 7.11 Å². The summed E-state index contributed by atoms with van der Waals surface area (Å²) in [5.74, 6) is 0.877. The molecule has 1 aromatic heterocycles. The van der Waals surface area contributed by atoms with Crippen LogP contribution in [0.1, 0.15) is 16.7 Å². The maximum atomic E-state index is 11.2. The van der Waals surface area contributed by atoms with E-state index in [9.17, 15) is 4.79 Å². The molecule has 0 bridgehead atoms. The van der Waals surface area contributed by atoms with Crippen molar-refractivity contribution < 1.29 is 4.74 Å². The van der Waals surface area contributed by atoms with Crippen molar-refractivity contribution in [2.45, 2.75) is 20.8 Å². The van der Waals surface area contributed by atoms with E-state index in [1.807, 2.05) is 26.8 Å². The number of methoxy groups -OCH3 is 1. The van der Waals surface area contributed by atoms with Crippen LogP contribution in [-0.2, 0) is 0 Å². The maximum Gasteiger partial charge on any atom is 0.323 e. The van der Waals surface area contributed by atoms with Gasteiger partial charge >= 0.3 is 5.69 Å². The highest BCUT2D eigenvalue weighted by Gasteiger charge is 2.13. The minimum atomic E-state index is -0.188. The third-order valence-electron chi connectivity index (χ3n) is 3.13. The molecule has 0 atom stereocenters. The quantitative estimate of drug-likeness (QED) is 0.834. The van der Waals surface area contributed by atoms with E-state index in [1.54, 1.807) is 13.3 Å². The molecule has 0 fully saturated rings. The van der Waals surface area contributed by atoms with Crippen LogP contribution in [0, 0.1) is 20.8 Å². The molecule has 0 amide bonds. The third kappa shape index (κ3) is 1.86. The minimum Gasteiger partial charge on any atom is -0.496 e. The second-order valence-corrected chi connectivity index (χ2v) is 4.18. The monoisotopic (exact) mass is 232 g/mol. The van der Waals surface area contributed by atoms with E-state index in [0.29, 0.717) is 0 Å². The molecule has 0 unspecified atom stereocenters. The van der Waals surface area contributed by atoms with E-state index in [2.05, 4.69) is 9.97 Å². The van der Waals surface area contributed by atoms with Crippen LogP contribution in [-0.4, -0.2) is 17.1 Å². The Hall–Kier alpha value is -1.97. The van der Waals surface area contributed by atoms with Crippen molar-refractivity contribution >= 4 is 0 Å². The standard InChI is InChI=1S/C13H16N2O2/c1-7-5-11(17-4)8(2)9(3)12(7)10-6-14-13(16)15-10/h5-6H,1-4H3,(H2,14,15,16). The largest absolute Gasteiger partial charge is 0.496 e. The SMILES string of the molecule is COc1cc(C)c(-c2c[nH]c(=O)[nH]2)c(C)c1C. The van der Waals surface area contributed by atoms with Gasteiger partial charge in [-0.3, -0.25) is 0 Å². The van der Waals surface area contributed by atoms with Crippen molar-refractivity contribution in [3.63, 3.8) is 0 Å². The summed E-state index contributed by atoms with van der Waals surface area (Å²) in [4.78, 5) is 16.6. The van der Waals surface area contributed by atoms with Crippen molar-refractivity contribution in [2.24, 2.45) is 0 Å². The van der Waals surface area contributed by atoms with Crippen molar-refractivity contribution in [1.29, 1.82) is 0 Å². The summed E-state index contributed by atoms with van der Waals surface area (Å²) in [6.45, 7) is 6.06. The van der Waals surface area contributed by atoms with Crippen LogP contribution in [0.2, 0.25) is 0 Å². The van der Waals surface area contributed by atoms with Gasteiger partial charge in [-0.15, -0.1) is 0 Å². The van der Waals surface area contributed by atoms with Crippen molar-refractivity contribution in [3.8, 4) is 17.0 Å². The molecule has 0 saturated heterocycles. The van der Waals surface area contributed by atoms with Gasteiger partial charge in [0, 0.05) is 11.8 Å². The number of hydrogen-bond donors (Lipinski definition) is 2. The van der Waals surface area contributed by atoms with Crippen LogP contribution in [0.15, 0.2) is 17.1 Å². The molecule has 1 heterocycles. The fourth-order valence-corrected chi connectivity index (χ4v) is 2.14. The fourth-order valence-electron chi connectivity index (χ4n) is 2.14. The lowest BCUT2D eigenvalue weighted by atomic mass is 9.95. The lowest BCUT2D eigenvalue weighted by Gasteiger charge is -2.14. The Balaban J connectivity index is 2.71. The van der Waals surface area contributed by atoms with Crippen LogP contribution in [0.5, 0.6) is 5.75 Å². The predicted octanol–water partition coefficient (Wildman–Crippen LogP) is 2.30. The van der Waals surface area contributed by atoms with Gasteiger partial charge in [-0.2, -0.15) is 0 Å². The van der Waals surface area contributed by atoms with Crippen molar-refractivity contribution in [1.82, 2.24) is 9.97 Å². The Bertz CT molecular complexity index is 608. The highest BCUT2D eigenvalue weighted by atomic mass is 16.5. The van der Waals surface area contributed by atoms with Crippen molar-refractivity contribution in [3.05, 3.63) is 39.4 Å². The lowest BCUT2D eigenvalue weighted by Crippen LogP contribution is -2.01. The summed E-state index contributed by atoms with van der Waals surface area (Å²) in [6, 6.07) is 1.99. The van der Waals surface area contributed by atoms with E-state index >= 15 is 0 Å². The molecule has 0 spiro atoms. The number of hydrogen-bond acceptors (Lipinski definition) is 2. The molecular formula is C13H16N2O2. The second-order valence-electron chi connectivity index (χ2n) is 4.18. The van der Waals surface area contributed by atoms with Gasteiger partial charge in [0.2, 0.25) is 0 Å². The van der Waals surface area contributed by atoms with Crippen LogP contribution in [0.4, 0.5) is 0 Å². The highest BCUT2D eigenvalue weighted by molar-refractivity contribution is 5.70. The molecule has 0 saturated carbocycles. The number of ether oxygens (including phenoxy) is 1. The molecule has 0 aliphatic carbocycles. The molecular weight excluding hydrogens is 216 g/mol. The number of benzene rings is 1. The van der Waals surface area contributed by atoms with Crippen LogP contribution in [0.3, 0.4) is 0 Å². The van der Waals surface area contributed by atoms with Gasteiger partial charge in [0.05, 0.1) is 12.8 Å². The molecule has 0 aliphatic heterocycles. The predicted molar refractivity (Wildman–Crippen MR) is 67.6 cm³/mol. The zero-order valence-electron chi connectivity index (χ0n) is 10.5. The van der Waals surface area contributed by atoms with E-state index in [4.69, 9.17) is 4.74 Å². The summed E-state index contributed by atoms with van der Waals surface area (Å²) in [5, 5.41) is 0. The Kier molecular flexibility index (Phi) is 2.79. The first-order chi connectivity index (χ1) is 8.04. The number of aryl methyl sites for hydroxylation is 1. The molecule has 2 N–H and O–H groups in total. The van der Waals surface area contributed by atoms with E-state index in [-0.39, 0.29) is 5.69 Å². The molecule has 90 valence electrons. The van der Waals surface area contributed by atoms with Gasteiger partial charge in [-0.1, -0.05) is 0 Å². The Morgan fingerprint density at radius 2 is 1.88 bits per heavy atom. The molecule has 0 radical (unpaired) electrons. The lowest BCUT2D eigenvalue weighted by molar-refractivity contribution is 0.411. The van der Waals surface area contributed by atoms with Gasteiger partial charge in [0.1, 0.15) is 5.75 Å². The van der Waals surface area contributed by atoms with Crippen LogP contribution < -0.4 is 10.4 Å². The molecule has 2 aromatic rings. The summed E-state index contributed by atoms with van der Waals surface area (Å²) in [7, 11) is 1.67. The van der Waals surface area contributed by atoms with Crippen LogP contribution >= 0.6 is 0 Å². The summed E-state index contributed by atoms with van der Waals surface area (Å²) >= 11 is 0. The van der Waals surface area contributed by atoms with E-state index in [0.717, 1.165) is 33.7 Å². The Morgan fingerprint density at radius 1 is 1.18 bits per heavy atom. The van der Waals surface area contributed by atoms with E-state index < -0.39 is 0 Å². The number of nitrogens with one attached hydrogen (secondary N) is 2. The zero-order chi connectivity index (χ0) is 12.6. The first-order valence-electron chi connectivity index (χ1n) is 5.47. The fraction of sp³-hybridized carbons (Fsp3) is 0.308. The number of imidazole rings is 1. The molecule has 1 aromatic carbocycles. The normalized spacial score (nSPS) is 10.6. The van der Waals surface area contributed by atoms with Gasteiger partial charge in [-0.05, 0) is 43.5 Å². The molecule has 4 nitrogen and oxygen atoms in total. The smallest absolute Gasteiger partial charge is 0.323 e. The first kappa shape index (κ1) is 11.5. The zero-order valence-corrected chi connectivity index (χ0v) is 10.5. The van der Waals surface area contributed by atoms with E-state index in [1.165, 1.54) is 0 Å². The summed E-state index contributed by atoms with van der Waals surface area (Å²) in [5.41, 5.74) is 4.98. The Labute approximate surface area is 99.7 Å². The van der Waals surface area contributed by atoms with Gasteiger partial charge in [0.25, 0.3) is 0 Å². The average molecular weight is 232 g/mol. The highest BCUT2D eigenvalue weighted by Crippen LogP contribution is 2.32. The topological polar surface area (TPSA) is 57.9 Å². The molecule has 2 rings (SSSR count). The second kappa shape index (κ2) is 4.13. The van der Waals surface area contributed by atoms with Gasteiger partial charge in [0.15, 0.2) is 0 Å². The summed E-state index contributed by atoms with van der Waals surface area (Å²) in [6.07, 6.45) is 1.70. The van der Waals surface area contributed by atoms with Gasteiger partial charge in [-0.25, -0.2) is 4.79 Å². The van der Waals surface area contributed by atoms with Gasteiger partial charge < -0.3 is 14.7 Å². The number of aromatic amines is 2. The summed E-state index contributed by atoms with van der Waals surface area (Å²) < 4.78 is 5.32. The average Bonchev–Trinajstić information content (AvgIpc) is 2.70.